The van der Waals surface area contributed by atoms with Gasteiger partial charge in [0.05, 0.1) is 6.42 Å². The van der Waals surface area contributed by atoms with Crippen LogP contribution in [-0.2, 0) is 4.79 Å². The van der Waals surface area contributed by atoms with Crippen LogP contribution in [0, 0.1) is 0 Å². The highest BCUT2D eigenvalue weighted by Gasteiger charge is 2.04. The van der Waals surface area contributed by atoms with Crippen LogP contribution < -0.4 is 15.5 Å². The van der Waals surface area contributed by atoms with Gasteiger partial charge in [-0.3, -0.25) is 4.79 Å². The summed E-state index contributed by atoms with van der Waals surface area (Å²) in [7, 11) is 0. The van der Waals surface area contributed by atoms with Crippen molar-refractivity contribution in [2.45, 2.75) is 19.8 Å². The Labute approximate surface area is 125 Å². The fourth-order valence-corrected chi connectivity index (χ4v) is 1.93. The molecular formula is C15H23N3O3. The maximum absolute atomic E-state index is 11.4. The number of rotatable bonds is 9. The van der Waals surface area contributed by atoms with Gasteiger partial charge in [-0.1, -0.05) is 18.2 Å². The SMILES string of the molecule is CCN(CCCNC(=O)NCCC(=O)O)c1ccccc1. The molecule has 0 aliphatic carbocycles. The second-order valence-corrected chi connectivity index (χ2v) is 4.60. The number of carboxylic acid groups (broad SMARTS) is 1. The van der Waals surface area contributed by atoms with Crippen molar-refractivity contribution in [3.8, 4) is 0 Å². The van der Waals surface area contributed by atoms with Crippen LogP contribution in [0.5, 0.6) is 0 Å². The highest BCUT2D eigenvalue weighted by atomic mass is 16.4. The molecule has 6 heteroatoms. The highest BCUT2D eigenvalue weighted by molar-refractivity contribution is 5.74. The van der Waals surface area contributed by atoms with Crippen LogP contribution in [0.15, 0.2) is 30.3 Å². The van der Waals surface area contributed by atoms with Crippen molar-refractivity contribution in [1.82, 2.24) is 10.6 Å². The molecule has 2 amide bonds. The fraction of sp³-hybridized carbons (Fsp3) is 0.467. The molecule has 1 aromatic carbocycles. The topological polar surface area (TPSA) is 81.7 Å². The number of urea groups is 1. The van der Waals surface area contributed by atoms with Crippen LogP contribution in [0.25, 0.3) is 0 Å². The molecule has 1 rings (SSSR count). The van der Waals surface area contributed by atoms with Crippen molar-refractivity contribution >= 4 is 17.7 Å². The van der Waals surface area contributed by atoms with Gasteiger partial charge in [0, 0.05) is 31.9 Å². The quantitative estimate of drug-likeness (QED) is 0.605. The number of amides is 2. The molecule has 0 atom stereocenters. The van der Waals surface area contributed by atoms with Gasteiger partial charge in [0.15, 0.2) is 0 Å². The Bertz CT molecular complexity index is 437. The van der Waals surface area contributed by atoms with Crippen molar-refractivity contribution < 1.29 is 14.7 Å². The van der Waals surface area contributed by atoms with Gasteiger partial charge in [0.1, 0.15) is 0 Å². The van der Waals surface area contributed by atoms with Crippen LogP contribution in [0.4, 0.5) is 10.5 Å². The first kappa shape index (κ1) is 16.8. The van der Waals surface area contributed by atoms with Gasteiger partial charge in [-0.2, -0.15) is 0 Å². The van der Waals surface area contributed by atoms with E-state index in [0.29, 0.717) is 6.54 Å². The van der Waals surface area contributed by atoms with Crippen molar-refractivity contribution in [3.63, 3.8) is 0 Å². The lowest BCUT2D eigenvalue weighted by Crippen LogP contribution is -2.38. The van der Waals surface area contributed by atoms with Gasteiger partial charge in [-0.25, -0.2) is 4.79 Å². The van der Waals surface area contributed by atoms with Gasteiger partial charge in [0.25, 0.3) is 0 Å². The summed E-state index contributed by atoms with van der Waals surface area (Å²) in [6.07, 6.45) is 0.764. The molecule has 0 aliphatic rings. The minimum Gasteiger partial charge on any atom is -0.481 e. The number of hydrogen-bond donors (Lipinski definition) is 3. The summed E-state index contributed by atoms with van der Waals surface area (Å²) in [6, 6.07) is 9.81. The van der Waals surface area contributed by atoms with E-state index in [4.69, 9.17) is 5.11 Å². The van der Waals surface area contributed by atoms with E-state index in [9.17, 15) is 9.59 Å². The van der Waals surface area contributed by atoms with Crippen LogP contribution in [0.1, 0.15) is 19.8 Å². The average Bonchev–Trinajstić information content (AvgIpc) is 2.48. The number of hydrogen-bond acceptors (Lipinski definition) is 3. The first-order valence-corrected chi connectivity index (χ1v) is 7.17. The number of anilines is 1. The monoisotopic (exact) mass is 293 g/mol. The second kappa shape index (κ2) is 9.63. The molecule has 0 aliphatic heterocycles. The number of benzene rings is 1. The van der Waals surface area contributed by atoms with E-state index in [-0.39, 0.29) is 19.0 Å². The summed E-state index contributed by atoms with van der Waals surface area (Å²) in [5, 5.41) is 13.7. The molecular weight excluding hydrogens is 270 g/mol. The summed E-state index contributed by atoms with van der Waals surface area (Å²) >= 11 is 0. The molecule has 0 aromatic heterocycles. The highest BCUT2D eigenvalue weighted by Crippen LogP contribution is 2.12. The van der Waals surface area contributed by atoms with E-state index in [1.165, 1.54) is 5.69 Å². The summed E-state index contributed by atoms with van der Waals surface area (Å²) in [5.41, 5.74) is 1.17. The summed E-state index contributed by atoms with van der Waals surface area (Å²) in [5.74, 6) is -0.920. The molecule has 1 aromatic rings. The number of nitrogens with one attached hydrogen (secondary N) is 2. The zero-order chi connectivity index (χ0) is 15.5. The van der Waals surface area contributed by atoms with Crippen LogP contribution in [0.2, 0.25) is 0 Å². The van der Waals surface area contributed by atoms with Crippen LogP contribution in [-0.4, -0.2) is 43.3 Å². The number of carboxylic acids is 1. The lowest BCUT2D eigenvalue weighted by molar-refractivity contribution is -0.136. The van der Waals surface area contributed by atoms with E-state index in [2.05, 4.69) is 34.6 Å². The van der Waals surface area contributed by atoms with E-state index in [1.54, 1.807) is 0 Å². The second-order valence-electron chi connectivity index (χ2n) is 4.60. The lowest BCUT2D eigenvalue weighted by atomic mass is 10.2. The van der Waals surface area contributed by atoms with E-state index in [1.807, 2.05) is 18.2 Å². The Morgan fingerprint density at radius 3 is 2.43 bits per heavy atom. The number of nitrogens with zero attached hydrogens (tertiary/aromatic N) is 1. The molecule has 0 radical (unpaired) electrons. The Hall–Kier alpha value is -2.24. The summed E-state index contributed by atoms with van der Waals surface area (Å²) < 4.78 is 0. The molecule has 116 valence electrons. The average molecular weight is 293 g/mol. The molecule has 0 saturated carbocycles. The Balaban J connectivity index is 2.17. The van der Waals surface area contributed by atoms with E-state index >= 15 is 0 Å². The number of carbonyl (C=O) groups excluding carboxylic acids is 1. The molecule has 6 nitrogen and oxygen atoms in total. The van der Waals surface area contributed by atoms with E-state index < -0.39 is 5.97 Å². The standard InChI is InChI=1S/C15H23N3O3/c1-2-18(13-7-4-3-5-8-13)12-6-10-16-15(21)17-11-9-14(19)20/h3-5,7-8H,2,6,9-12H2,1H3,(H,19,20)(H2,16,17,21). The molecule has 0 fully saturated rings. The fourth-order valence-electron chi connectivity index (χ4n) is 1.93. The maximum Gasteiger partial charge on any atom is 0.314 e. The van der Waals surface area contributed by atoms with Crippen molar-refractivity contribution in [3.05, 3.63) is 30.3 Å². The van der Waals surface area contributed by atoms with Gasteiger partial charge in [0.2, 0.25) is 0 Å². The predicted octanol–water partition coefficient (Wildman–Crippen LogP) is 1.68. The van der Waals surface area contributed by atoms with Gasteiger partial charge < -0.3 is 20.6 Å². The lowest BCUT2D eigenvalue weighted by Gasteiger charge is -2.23. The van der Waals surface area contributed by atoms with Crippen LogP contribution in [0.3, 0.4) is 0 Å². The Morgan fingerprint density at radius 2 is 1.81 bits per heavy atom. The third-order valence-electron chi connectivity index (χ3n) is 3.02. The normalized spacial score (nSPS) is 9.95. The third-order valence-corrected chi connectivity index (χ3v) is 3.02. The molecule has 3 N–H and O–H groups in total. The minimum atomic E-state index is -0.920. The zero-order valence-corrected chi connectivity index (χ0v) is 12.3. The zero-order valence-electron chi connectivity index (χ0n) is 12.3. The van der Waals surface area contributed by atoms with Gasteiger partial charge >= 0.3 is 12.0 Å². The van der Waals surface area contributed by atoms with Crippen LogP contribution >= 0.6 is 0 Å². The molecule has 0 saturated heterocycles. The summed E-state index contributed by atoms with van der Waals surface area (Å²) in [4.78, 5) is 23.9. The third kappa shape index (κ3) is 7.20. The van der Waals surface area contributed by atoms with Crippen molar-refractivity contribution in [2.24, 2.45) is 0 Å². The van der Waals surface area contributed by atoms with Crippen molar-refractivity contribution in [1.29, 1.82) is 0 Å². The molecule has 0 heterocycles. The largest absolute Gasteiger partial charge is 0.481 e. The first-order chi connectivity index (χ1) is 10.1. The van der Waals surface area contributed by atoms with Gasteiger partial charge in [-0.05, 0) is 25.5 Å². The Morgan fingerprint density at radius 1 is 1.14 bits per heavy atom. The van der Waals surface area contributed by atoms with E-state index in [0.717, 1.165) is 19.5 Å². The number of aliphatic carboxylic acids is 1. The summed E-state index contributed by atoms with van der Waals surface area (Å²) in [6.45, 7) is 4.57. The number of carbonyl (C=O) groups is 2. The maximum atomic E-state index is 11.4. The predicted molar refractivity (Wildman–Crippen MR) is 82.6 cm³/mol. The van der Waals surface area contributed by atoms with Gasteiger partial charge in [-0.15, -0.1) is 0 Å². The minimum absolute atomic E-state index is 0.0644. The molecule has 21 heavy (non-hydrogen) atoms. The number of para-hydroxylation sites is 1. The molecule has 0 unspecified atom stereocenters. The van der Waals surface area contributed by atoms with Crippen molar-refractivity contribution in [2.75, 3.05) is 31.1 Å². The molecule has 0 bridgehead atoms. The molecule has 0 spiro atoms. The first-order valence-electron chi connectivity index (χ1n) is 7.17. The smallest absolute Gasteiger partial charge is 0.314 e. The Kier molecular flexibility index (Phi) is 7.71.